The topological polar surface area (TPSA) is 95.5 Å². The minimum Gasteiger partial charge on any atom is -0.747 e. The second-order valence-electron chi connectivity index (χ2n) is 6.07. The first-order valence-corrected chi connectivity index (χ1v) is 9.86. The summed E-state index contributed by atoms with van der Waals surface area (Å²) in [6.45, 7) is 0.293. The first-order valence-electron chi connectivity index (χ1n) is 8.39. The second kappa shape index (κ2) is 8.59. The van der Waals surface area contributed by atoms with Crippen molar-refractivity contribution in [2.24, 2.45) is 0 Å². The van der Waals surface area contributed by atoms with Crippen molar-refractivity contribution in [2.75, 3.05) is 11.4 Å². The van der Waals surface area contributed by atoms with Crippen LogP contribution in [0.3, 0.4) is 0 Å². The average molecular weight is 405 g/mol. The zero-order valence-electron chi connectivity index (χ0n) is 15.2. The number of aromatic nitrogens is 2. The summed E-state index contributed by atoms with van der Waals surface area (Å²) in [5, 5.41) is -1.32. The molecule has 0 amide bonds. The molecule has 4 rings (SSSR count). The van der Waals surface area contributed by atoms with Gasteiger partial charge in [0.1, 0.15) is 21.2 Å². The van der Waals surface area contributed by atoms with Crippen LogP contribution in [0.25, 0.3) is 0 Å². The van der Waals surface area contributed by atoms with Gasteiger partial charge in [0, 0.05) is 18.9 Å². The minimum absolute atomic E-state index is 0. The molecule has 0 saturated heterocycles. The van der Waals surface area contributed by atoms with E-state index in [9.17, 15) is 13.0 Å². The predicted molar refractivity (Wildman–Crippen MR) is 99.1 cm³/mol. The van der Waals surface area contributed by atoms with E-state index in [1.54, 1.807) is 6.07 Å². The Labute approximate surface area is 185 Å². The Morgan fingerprint density at radius 3 is 2.00 bits per heavy atom. The average Bonchev–Trinajstić information content (AvgIpc) is 2.67. The number of para-hydroxylation sites is 4. The summed E-state index contributed by atoms with van der Waals surface area (Å²) in [6.07, 6.45) is 2.91. The van der Waals surface area contributed by atoms with E-state index in [4.69, 9.17) is 4.74 Å². The maximum absolute atomic E-state index is 11.8. The van der Waals surface area contributed by atoms with E-state index in [0.29, 0.717) is 18.0 Å². The Hall–Kier alpha value is -1.97. The standard InChI is InChI=1S/C19H17N3O4S.Na/c23-27(24,25)18(19-20-11-5-12-21-19)10-13-22-14-6-1-3-8-16(14)26-17-9-4-2-7-15(17)22;/h1-9,11-12,18H,10,13H2,(H,23,24,25);/q;+1/p-1. The van der Waals surface area contributed by atoms with Gasteiger partial charge in [-0.05, 0) is 36.8 Å². The second-order valence-corrected chi connectivity index (χ2v) is 7.62. The molecule has 1 unspecified atom stereocenters. The fourth-order valence-corrected chi connectivity index (χ4v) is 3.92. The van der Waals surface area contributed by atoms with E-state index in [2.05, 4.69) is 9.97 Å². The Kier molecular flexibility index (Phi) is 6.36. The number of hydrogen-bond donors (Lipinski definition) is 0. The van der Waals surface area contributed by atoms with Crippen molar-refractivity contribution in [1.29, 1.82) is 0 Å². The van der Waals surface area contributed by atoms with Crippen LogP contribution in [0.4, 0.5) is 11.4 Å². The molecule has 2 heterocycles. The molecule has 3 aromatic rings. The number of anilines is 2. The summed E-state index contributed by atoms with van der Waals surface area (Å²) < 4.78 is 41.4. The third-order valence-electron chi connectivity index (χ3n) is 4.37. The molecule has 0 aliphatic carbocycles. The quantitative estimate of drug-likeness (QED) is 0.448. The largest absolute Gasteiger partial charge is 1.00 e. The molecule has 0 radical (unpaired) electrons. The number of benzene rings is 2. The SMILES string of the molecule is O=S(=O)([O-])C(CCN1c2ccccc2Oc2ccccc21)c1ncccn1.[Na+]. The van der Waals surface area contributed by atoms with Gasteiger partial charge in [-0.25, -0.2) is 18.4 Å². The maximum atomic E-state index is 11.8. The normalized spacial score (nSPS) is 13.5. The molecule has 1 aromatic heterocycles. The van der Waals surface area contributed by atoms with Crippen LogP contribution in [0.2, 0.25) is 0 Å². The van der Waals surface area contributed by atoms with Crippen LogP contribution in [0.1, 0.15) is 17.5 Å². The molecule has 0 spiro atoms. The summed E-state index contributed by atoms with van der Waals surface area (Å²) >= 11 is 0. The van der Waals surface area contributed by atoms with Crippen molar-refractivity contribution >= 4 is 21.5 Å². The molecule has 0 saturated carbocycles. The van der Waals surface area contributed by atoms with Crippen molar-refractivity contribution in [3.63, 3.8) is 0 Å². The molecule has 0 bridgehead atoms. The van der Waals surface area contributed by atoms with Gasteiger partial charge in [-0.1, -0.05) is 24.3 Å². The summed E-state index contributed by atoms with van der Waals surface area (Å²) in [5.74, 6) is 1.37. The van der Waals surface area contributed by atoms with E-state index in [1.165, 1.54) is 12.4 Å². The summed E-state index contributed by atoms with van der Waals surface area (Å²) in [4.78, 5) is 9.88. The molecule has 28 heavy (non-hydrogen) atoms. The minimum atomic E-state index is -4.61. The summed E-state index contributed by atoms with van der Waals surface area (Å²) in [6, 6.07) is 16.6. The van der Waals surface area contributed by atoms with E-state index in [0.717, 1.165) is 11.4 Å². The van der Waals surface area contributed by atoms with Crippen molar-refractivity contribution in [1.82, 2.24) is 9.97 Å². The van der Waals surface area contributed by atoms with Gasteiger partial charge in [0.15, 0.2) is 11.5 Å². The first kappa shape index (κ1) is 20.8. The van der Waals surface area contributed by atoms with Gasteiger partial charge in [-0.2, -0.15) is 0 Å². The molecule has 0 N–H and O–H groups in total. The van der Waals surface area contributed by atoms with Gasteiger partial charge in [-0.15, -0.1) is 0 Å². The molecule has 1 aliphatic rings. The molecule has 7 nitrogen and oxygen atoms in total. The van der Waals surface area contributed by atoms with Crippen molar-refractivity contribution in [2.45, 2.75) is 11.7 Å². The number of hydrogen-bond acceptors (Lipinski definition) is 7. The number of nitrogens with zero attached hydrogens (tertiary/aromatic N) is 3. The number of ether oxygens (including phenoxy) is 1. The Morgan fingerprint density at radius 2 is 1.46 bits per heavy atom. The third-order valence-corrected chi connectivity index (χ3v) is 5.51. The fraction of sp³-hybridized carbons (Fsp3) is 0.158. The van der Waals surface area contributed by atoms with Crippen LogP contribution in [0.5, 0.6) is 11.5 Å². The van der Waals surface area contributed by atoms with Gasteiger partial charge in [0.05, 0.1) is 11.4 Å². The maximum Gasteiger partial charge on any atom is 1.00 e. The zero-order chi connectivity index (χ0) is 18.9. The Balaban J connectivity index is 0.00000225. The molecule has 1 aliphatic heterocycles. The summed E-state index contributed by atoms with van der Waals surface area (Å²) in [7, 11) is -4.61. The smallest absolute Gasteiger partial charge is 0.747 e. The molecular formula is C19H16N3NaO4S. The van der Waals surface area contributed by atoms with Crippen molar-refractivity contribution in [3.8, 4) is 11.5 Å². The van der Waals surface area contributed by atoms with Crippen LogP contribution in [0.15, 0.2) is 67.0 Å². The van der Waals surface area contributed by atoms with Crippen LogP contribution < -0.4 is 39.2 Å². The van der Waals surface area contributed by atoms with E-state index in [-0.39, 0.29) is 41.8 Å². The Bertz CT molecular complexity index is 1020. The molecule has 1 atom stereocenters. The first-order chi connectivity index (χ1) is 13.0. The van der Waals surface area contributed by atoms with Gasteiger partial charge in [0.25, 0.3) is 0 Å². The van der Waals surface area contributed by atoms with E-state index in [1.807, 2.05) is 53.4 Å². The van der Waals surface area contributed by atoms with Gasteiger partial charge < -0.3 is 14.2 Å². The predicted octanol–water partition coefficient (Wildman–Crippen LogP) is 0.401. The van der Waals surface area contributed by atoms with Crippen LogP contribution in [-0.4, -0.2) is 29.5 Å². The zero-order valence-corrected chi connectivity index (χ0v) is 18.0. The molecule has 0 fully saturated rings. The number of fused-ring (bicyclic) bond motifs is 2. The monoisotopic (exact) mass is 405 g/mol. The third kappa shape index (κ3) is 4.21. The molecular weight excluding hydrogens is 389 g/mol. The van der Waals surface area contributed by atoms with E-state index < -0.39 is 15.4 Å². The van der Waals surface area contributed by atoms with Gasteiger partial charge in [-0.3, -0.25) is 0 Å². The van der Waals surface area contributed by atoms with Gasteiger partial charge in [0.2, 0.25) is 0 Å². The molecule has 138 valence electrons. The summed E-state index contributed by atoms with van der Waals surface area (Å²) in [5.41, 5.74) is 1.62. The van der Waals surface area contributed by atoms with Crippen LogP contribution in [-0.2, 0) is 10.1 Å². The van der Waals surface area contributed by atoms with E-state index >= 15 is 0 Å². The van der Waals surface area contributed by atoms with Crippen LogP contribution >= 0.6 is 0 Å². The number of rotatable bonds is 5. The fourth-order valence-electron chi connectivity index (χ4n) is 3.15. The van der Waals surface area contributed by atoms with Gasteiger partial charge >= 0.3 is 29.6 Å². The van der Waals surface area contributed by atoms with Crippen LogP contribution in [0, 0.1) is 0 Å². The van der Waals surface area contributed by atoms with Crippen molar-refractivity contribution < 1.29 is 47.3 Å². The van der Waals surface area contributed by atoms with Crippen molar-refractivity contribution in [3.05, 3.63) is 72.8 Å². The Morgan fingerprint density at radius 1 is 0.929 bits per heavy atom. The molecule has 2 aromatic carbocycles. The molecule has 9 heteroatoms.